The molecule has 0 spiro atoms. The number of esters is 4. The fourth-order valence-corrected chi connectivity index (χ4v) is 10.6. The quantitative estimate of drug-likeness (QED) is 0.0145. The zero-order chi connectivity index (χ0) is 68.0. The van der Waals surface area contributed by atoms with Gasteiger partial charge in [-0.25, -0.2) is 0 Å². The van der Waals surface area contributed by atoms with Crippen molar-refractivity contribution in [2.75, 3.05) is 49.4 Å². The number of unbranched alkanes of at least 4 members (excludes halogenated alkanes) is 44. The first-order valence-corrected chi connectivity index (χ1v) is 41.1. The van der Waals surface area contributed by atoms with E-state index in [0.29, 0.717) is 75.1 Å². The number of carbonyl (C=O) groups is 4. The van der Waals surface area contributed by atoms with Gasteiger partial charge in [0.2, 0.25) is 0 Å². The van der Waals surface area contributed by atoms with Crippen LogP contribution in [0.1, 0.15) is 402 Å². The maximum absolute atomic E-state index is 11.2. The van der Waals surface area contributed by atoms with Gasteiger partial charge in [0, 0.05) is 25.7 Å². The van der Waals surface area contributed by atoms with Crippen LogP contribution in [0.3, 0.4) is 0 Å². The molecule has 572 valence electrons. The summed E-state index contributed by atoms with van der Waals surface area (Å²) in [6.45, 7) is 10.6. The molecule has 0 heterocycles. The van der Waals surface area contributed by atoms with Gasteiger partial charge in [-0.15, -0.1) is 23.0 Å². The summed E-state index contributed by atoms with van der Waals surface area (Å²) in [5.41, 5.74) is 0. The number of carbonyl (C=O) groups excluding carboxylic acids is 4. The van der Waals surface area contributed by atoms with E-state index in [-0.39, 0.29) is 100 Å². The van der Waals surface area contributed by atoms with Crippen LogP contribution in [0.15, 0.2) is 48.6 Å². The van der Waals surface area contributed by atoms with Gasteiger partial charge >= 0.3 is 71.7 Å². The molecule has 0 aliphatic carbocycles. The third-order valence-corrected chi connectivity index (χ3v) is 16.6. The Balaban J connectivity index is -0.000000149. The fraction of sp³-hybridized carbons (Fsp3) is 0.854. The first-order chi connectivity index (χ1) is 45.2. The zero-order valence-corrected chi connectivity index (χ0v) is 72.2. The first kappa shape index (κ1) is 116. The first-order valence-electron chi connectivity index (χ1n) is 38.8. The minimum atomic E-state index is -0.113. The second-order valence-electron chi connectivity index (χ2n) is 25.0. The van der Waals surface area contributed by atoms with Gasteiger partial charge in [0.25, 0.3) is 0 Å². The molecule has 15 heteroatoms. The van der Waals surface area contributed by atoms with Crippen LogP contribution in [0.2, 0.25) is 0 Å². The van der Waals surface area contributed by atoms with Crippen LogP contribution in [0.5, 0.6) is 0 Å². The van der Waals surface area contributed by atoms with Crippen LogP contribution in [0.25, 0.3) is 0 Å². The van der Waals surface area contributed by atoms with Crippen molar-refractivity contribution < 1.29 is 38.1 Å². The van der Waals surface area contributed by atoms with Crippen molar-refractivity contribution in [2.45, 2.75) is 402 Å². The SMILES string of the molecule is C.C.CCCCCCCCCCCC/C=C/CCCC(=O)OCC[S-].CCCCCCCCCCCC/C=C/CCCC(=O)OCC[S-].CCCCCCCCCCCC/C=C/CCCC(=O)OCC[S-].CCCCCCCCCCCC/C=C/CCCC(=O)OCC[S-].S.[Sn+2].[Sn+2]. The fourth-order valence-electron chi connectivity index (χ4n) is 10.3. The number of hydrogen-bond donors (Lipinski definition) is 0. The Morgan fingerprint density at radius 3 is 0.485 bits per heavy atom. The van der Waals surface area contributed by atoms with Crippen molar-refractivity contribution in [1.82, 2.24) is 0 Å². The smallest absolute Gasteiger partial charge is 0.789 e. The summed E-state index contributed by atoms with van der Waals surface area (Å²) in [7, 11) is 0. The summed E-state index contributed by atoms with van der Waals surface area (Å²) >= 11 is 18.9. The summed E-state index contributed by atoms with van der Waals surface area (Å²) < 4.78 is 19.8. The van der Waals surface area contributed by atoms with E-state index in [2.05, 4.69) is 76.3 Å². The van der Waals surface area contributed by atoms with Gasteiger partial charge in [-0.05, 0) is 103 Å². The molecule has 0 fully saturated rings. The second-order valence-corrected chi connectivity index (χ2v) is 26.7. The topological polar surface area (TPSA) is 105 Å². The molecule has 0 saturated carbocycles. The molecule has 0 unspecified atom stereocenters. The predicted octanol–water partition coefficient (Wildman–Crippen LogP) is 25.1. The van der Waals surface area contributed by atoms with Gasteiger partial charge in [-0.1, -0.05) is 322 Å². The Kier molecular flexibility index (Phi) is 134. The summed E-state index contributed by atoms with van der Waals surface area (Å²) in [5.74, 6) is 1.51. The maximum atomic E-state index is 11.2. The summed E-state index contributed by atoms with van der Waals surface area (Å²) in [4.78, 5) is 45.0. The van der Waals surface area contributed by atoms with Crippen LogP contribution >= 0.6 is 13.5 Å². The molecule has 97 heavy (non-hydrogen) atoms. The van der Waals surface area contributed by atoms with Gasteiger partial charge in [0.05, 0.1) is 26.4 Å². The third-order valence-electron chi connectivity index (χ3n) is 16.0. The van der Waals surface area contributed by atoms with Gasteiger partial charge < -0.3 is 69.5 Å². The van der Waals surface area contributed by atoms with Crippen molar-refractivity contribution >= 4 is 136 Å². The molecule has 0 aliphatic heterocycles. The molecule has 0 saturated heterocycles. The van der Waals surface area contributed by atoms with Crippen molar-refractivity contribution in [3.8, 4) is 0 Å². The molecule has 0 aromatic carbocycles. The summed E-state index contributed by atoms with van der Waals surface area (Å²) in [6, 6.07) is 0. The van der Waals surface area contributed by atoms with Crippen LogP contribution in [0.4, 0.5) is 0 Å². The average Bonchev–Trinajstić information content (AvgIpc) is 3.68. The van der Waals surface area contributed by atoms with Gasteiger partial charge in [0.1, 0.15) is 0 Å². The van der Waals surface area contributed by atoms with E-state index in [0.717, 1.165) is 51.4 Å². The van der Waals surface area contributed by atoms with Crippen LogP contribution < -0.4 is 0 Å². The van der Waals surface area contributed by atoms with Gasteiger partial charge in [-0.2, -0.15) is 13.5 Å². The standard InChI is InChI=1S/4C20H38O2S.2CH4.H2S.2Sn/c4*1-2-3-4-5-6-7-8-9-10-11-12-13-14-15-16-17-20(21)22-18-19-23;;;;;/h4*13-14,23H,2-12,15-19H2,1H3;2*1H4;1H2;;/q;;;;;;;2*+2/p-4/b4*14-13+;;;;;. The Morgan fingerprint density at radius 2 is 0.351 bits per heavy atom. The zero-order valence-electron chi connectivity index (χ0n) is 62.3. The number of ether oxygens (including phenoxy) is 4. The molecule has 0 aromatic rings. The van der Waals surface area contributed by atoms with Crippen LogP contribution in [-0.2, 0) is 88.6 Å². The molecular weight excluding hydrogens is 1510 g/mol. The molecule has 0 atom stereocenters. The number of allylic oxidation sites excluding steroid dienone is 8. The van der Waals surface area contributed by atoms with Crippen LogP contribution in [0, 0.1) is 0 Å². The van der Waals surface area contributed by atoms with E-state index in [4.69, 9.17) is 69.5 Å². The summed E-state index contributed by atoms with van der Waals surface area (Å²) in [5, 5.41) is 0. The Hall–Kier alpha value is 0.187. The number of rotatable bonds is 68. The van der Waals surface area contributed by atoms with E-state index >= 15 is 0 Å². The maximum Gasteiger partial charge on any atom is 2.00 e. The van der Waals surface area contributed by atoms with E-state index in [1.807, 2.05) is 0 Å². The van der Waals surface area contributed by atoms with Gasteiger partial charge in [-0.3, -0.25) is 19.2 Å². The molecule has 0 aromatic heterocycles. The number of hydrogen-bond acceptors (Lipinski definition) is 12. The van der Waals surface area contributed by atoms with Crippen LogP contribution in [-0.4, -0.2) is 121 Å². The molecule has 0 rings (SSSR count). The molecule has 0 amide bonds. The normalized spacial score (nSPS) is 10.6. The Bertz CT molecular complexity index is 1350. The van der Waals surface area contributed by atoms with Crippen molar-refractivity contribution in [3.63, 3.8) is 0 Å². The second kappa shape index (κ2) is 112. The van der Waals surface area contributed by atoms with E-state index in [9.17, 15) is 19.2 Å². The minimum Gasteiger partial charge on any atom is -0.789 e. The third kappa shape index (κ3) is 120. The Morgan fingerprint density at radius 1 is 0.227 bits per heavy atom. The minimum absolute atomic E-state index is 0. The van der Waals surface area contributed by atoms with Crippen molar-refractivity contribution in [1.29, 1.82) is 0 Å². The largest absolute Gasteiger partial charge is 2.00 e. The molecule has 0 N–H and O–H groups in total. The summed E-state index contributed by atoms with van der Waals surface area (Å²) in [6.07, 6.45) is 87.6. The van der Waals surface area contributed by atoms with E-state index in [1.54, 1.807) is 0 Å². The van der Waals surface area contributed by atoms with Gasteiger partial charge in [0.15, 0.2) is 0 Å². The Labute approximate surface area is 668 Å². The van der Waals surface area contributed by atoms with Crippen molar-refractivity contribution in [3.05, 3.63) is 48.6 Å². The molecular formula is C82H158O8S5Sn2. The monoisotopic (exact) mass is 1670 g/mol. The molecule has 0 bridgehead atoms. The molecule has 0 aliphatic rings. The van der Waals surface area contributed by atoms with Crippen molar-refractivity contribution in [2.24, 2.45) is 0 Å². The molecule has 8 nitrogen and oxygen atoms in total. The predicted molar refractivity (Wildman–Crippen MR) is 446 cm³/mol. The molecule has 4 radical (unpaired) electrons. The van der Waals surface area contributed by atoms with E-state index in [1.165, 1.54) is 283 Å². The average molecular weight is 1670 g/mol. The van der Waals surface area contributed by atoms with E-state index < -0.39 is 0 Å².